The predicted molar refractivity (Wildman–Crippen MR) is 86.3 cm³/mol. The Balaban J connectivity index is 1.97. The zero-order valence-electron chi connectivity index (χ0n) is 12.5. The summed E-state index contributed by atoms with van der Waals surface area (Å²) in [5.41, 5.74) is 2.89. The molecule has 2 aliphatic rings. The Bertz CT molecular complexity index is 565. The van der Waals surface area contributed by atoms with Gasteiger partial charge in [-0.1, -0.05) is 62.4 Å². The fourth-order valence-corrected chi connectivity index (χ4v) is 3.72. The van der Waals surface area contributed by atoms with Crippen LogP contribution in [0.1, 0.15) is 30.9 Å². The first-order valence-electron chi connectivity index (χ1n) is 7.62. The van der Waals surface area contributed by atoms with E-state index in [-0.39, 0.29) is 0 Å². The van der Waals surface area contributed by atoms with Gasteiger partial charge in [0, 0.05) is 18.1 Å². The first-order valence-corrected chi connectivity index (χ1v) is 7.62. The van der Waals surface area contributed by atoms with E-state index in [1.54, 1.807) is 0 Å². The third kappa shape index (κ3) is 2.26. The summed E-state index contributed by atoms with van der Waals surface area (Å²) in [6.07, 6.45) is 11.1. The van der Waals surface area contributed by atoms with Crippen LogP contribution in [0, 0.1) is 24.7 Å². The molecule has 0 saturated heterocycles. The highest BCUT2D eigenvalue weighted by Gasteiger charge is 2.38. The second-order valence-corrected chi connectivity index (χ2v) is 6.34. The molecule has 1 aromatic carbocycles. The van der Waals surface area contributed by atoms with Gasteiger partial charge in [0.1, 0.15) is 0 Å². The molecule has 0 aromatic heterocycles. The summed E-state index contributed by atoms with van der Waals surface area (Å²) in [6, 6.07) is 9.17. The first kappa shape index (κ1) is 13.4. The van der Waals surface area contributed by atoms with Gasteiger partial charge in [-0.25, -0.2) is 0 Å². The minimum atomic E-state index is 0.357. The molecule has 1 aromatic rings. The van der Waals surface area contributed by atoms with E-state index in [0.717, 1.165) is 0 Å². The molecule has 0 fully saturated rings. The van der Waals surface area contributed by atoms with Gasteiger partial charge < -0.3 is 0 Å². The Kier molecular flexibility index (Phi) is 3.60. The van der Waals surface area contributed by atoms with Crippen LogP contribution in [0.4, 0.5) is 0 Å². The first-order chi connectivity index (χ1) is 9.68. The van der Waals surface area contributed by atoms with Crippen LogP contribution >= 0.6 is 0 Å². The monoisotopic (exact) mass is 265 g/mol. The molecule has 1 heterocycles. The summed E-state index contributed by atoms with van der Waals surface area (Å²) in [5, 5.41) is 0. The third-order valence-corrected chi connectivity index (χ3v) is 4.70. The lowest BCUT2D eigenvalue weighted by Gasteiger charge is -2.32. The van der Waals surface area contributed by atoms with Crippen LogP contribution < -0.4 is 0 Å². The van der Waals surface area contributed by atoms with E-state index in [9.17, 15) is 0 Å². The number of aryl methyl sites for hydroxylation is 1. The molecule has 0 bridgehead atoms. The number of allylic oxidation sites excluding steroid dienone is 2. The van der Waals surface area contributed by atoms with Gasteiger partial charge in [-0.2, -0.15) is 0 Å². The zero-order valence-corrected chi connectivity index (χ0v) is 12.5. The maximum Gasteiger partial charge on any atom is 0.0748 e. The van der Waals surface area contributed by atoms with E-state index in [2.05, 4.69) is 75.6 Å². The van der Waals surface area contributed by atoms with Crippen molar-refractivity contribution in [3.8, 4) is 0 Å². The van der Waals surface area contributed by atoms with Gasteiger partial charge in [0.15, 0.2) is 0 Å². The zero-order chi connectivity index (χ0) is 14.1. The molecule has 4 atom stereocenters. The molecule has 3 rings (SSSR count). The van der Waals surface area contributed by atoms with Crippen LogP contribution in [0.5, 0.6) is 0 Å². The molecule has 0 radical (unpaired) electrons. The minimum Gasteiger partial charge on any atom is -0.289 e. The van der Waals surface area contributed by atoms with Crippen LogP contribution in [0.15, 0.2) is 53.6 Å². The average molecular weight is 265 g/mol. The molecule has 1 nitrogen and oxygen atoms in total. The van der Waals surface area contributed by atoms with Crippen LogP contribution in [-0.2, 0) is 0 Å². The molecule has 0 amide bonds. The van der Waals surface area contributed by atoms with Gasteiger partial charge in [-0.05, 0) is 29.9 Å². The van der Waals surface area contributed by atoms with E-state index in [0.29, 0.717) is 29.7 Å². The molecule has 4 unspecified atom stereocenters. The van der Waals surface area contributed by atoms with Gasteiger partial charge in [-0.3, -0.25) is 4.99 Å². The molecule has 104 valence electrons. The Morgan fingerprint density at radius 1 is 1.05 bits per heavy atom. The van der Waals surface area contributed by atoms with Crippen LogP contribution in [0.2, 0.25) is 0 Å². The SMILES string of the molecule is Cc1ccccc1C(C(C)C)C1C=NC2C=CC=CC21. The van der Waals surface area contributed by atoms with Gasteiger partial charge >= 0.3 is 0 Å². The van der Waals surface area contributed by atoms with Crippen molar-refractivity contribution in [3.63, 3.8) is 0 Å². The summed E-state index contributed by atoms with van der Waals surface area (Å²) < 4.78 is 0. The molecular formula is C19H23N. The van der Waals surface area contributed by atoms with Gasteiger partial charge in [0.25, 0.3) is 0 Å². The van der Waals surface area contributed by atoms with E-state index in [4.69, 9.17) is 4.99 Å². The molecule has 0 N–H and O–H groups in total. The molecular weight excluding hydrogens is 242 g/mol. The summed E-state index contributed by atoms with van der Waals surface area (Å²) in [4.78, 5) is 4.73. The molecule has 1 aliphatic carbocycles. The van der Waals surface area contributed by atoms with Crippen LogP contribution in [0.3, 0.4) is 0 Å². The van der Waals surface area contributed by atoms with Crippen LogP contribution in [0.25, 0.3) is 0 Å². The number of nitrogens with zero attached hydrogens (tertiary/aromatic N) is 1. The topological polar surface area (TPSA) is 12.4 Å². The largest absolute Gasteiger partial charge is 0.289 e. The smallest absolute Gasteiger partial charge is 0.0748 e. The highest BCUT2D eigenvalue weighted by Crippen LogP contribution is 2.42. The van der Waals surface area contributed by atoms with Crippen molar-refractivity contribution in [1.29, 1.82) is 0 Å². The molecule has 0 saturated carbocycles. The molecule has 0 spiro atoms. The third-order valence-electron chi connectivity index (χ3n) is 4.70. The van der Waals surface area contributed by atoms with Crippen molar-refractivity contribution >= 4 is 6.21 Å². The van der Waals surface area contributed by atoms with Crippen molar-refractivity contribution in [3.05, 3.63) is 59.7 Å². The standard InChI is InChI=1S/C19H23N/c1-13(2)19(15-9-5-4-8-14(15)3)17-12-20-18-11-7-6-10-16(17)18/h4-13,16-19H,1-3H3. The van der Waals surface area contributed by atoms with Crippen molar-refractivity contribution in [2.45, 2.75) is 32.7 Å². The Hall–Kier alpha value is -1.63. The summed E-state index contributed by atoms with van der Waals surface area (Å²) in [5.74, 6) is 2.21. The summed E-state index contributed by atoms with van der Waals surface area (Å²) >= 11 is 0. The second kappa shape index (κ2) is 5.40. The fourth-order valence-electron chi connectivity index (χ4n) is 3.72. The van der Waals surface area contributed by atoms with Crippen molar-refractivity contribution in [1.82, 2.24) is 0 Å². The Morgan fingerprint density at radius 2 is 1.80 bits per heavy atom. The van der Waals surface area contributed by atoms with Gasteiger partial charge in [0.05, 0.1) is 6.04 Å². The lowest BCUT2D eigenvalue weighted by Crippen LogP contribution is -2.28. The maximum absolute atomic E-state index is 4.73. The quantitative estimate of drug-likeness (QED) is 0.760. The molecule has 1 aliphatic heterocycles. The van der Waals surface area contributed by atoms with Gasteiger partial charge in [-0.15, -0.1) is 0 Å². The summed E-state index contributed by atoms with van der Waals surface area (Å²) in [6.45, 7) is 6.90. The predicted octanol–water partition coefficient (Wildman–Crippen LogP) is 4.55. The Morgan fingerprint density at radius 3 is 2.55 bits per heavy atom. The van der Waals surface area contributed by atoms with Crippen LogP contribution in [-0.4, -0.2) is 12.3 Å². The number of hydrogen-bond donors (Lipinski definition) is 0. The lowest BCUT2D eigenvalue weighted by atomic mass is 9.71. The lowest BCUT2D eigenvalue weighted by molar-refractivity contribution is 0.354. The molecule has 1 heteroatoms. The van der Waals surface area contributed by atoms with Crippen molar-refractivity contribution in [2.24, 2.45) is 22.7 Å². The average Bonchev–Trinajstić information content (AvgIpc) is 2.85. The van der Waals surface area contributed by atoms with E-state index >= 15 is 0 Å². The number of rotatable bonds is 3. The highest BCUT2D eigenvalue weighted by atomic mass is 14.8. The van der Waals surface area contributed by atoms with Crippen molar-refractivity contribution in [2.75, 3.05) is 0 Å². The fraction of sp³-hybridized carbons (Fsp3) is 0.421. The van der Waals surface area contributed by atoms with Gasteiger partial charge in [0.2, 0.25) is 0 Å². The number of benzene rings is 1. The van der Waals surface area contributed by atoms with E-state index in [1.165, 1.54) is 11.1 Å². The number of hydrogen-bond acceptors (Lipinski definition) is 1. The molecule has 20 heavy (non-hydrogen) atoms. The minimum absolute atomic E-state index is 0.357. The second-order valence-electron chi connectivity index (χ2n) is 6.34. The van der Waals surface area contributed by atoms with E-state index < -0.39 is 0 Å². The number of fused-ring (bicyclic) bond motifs is 1. The van der Waals surface area contributed by atoms with E-state index in [1.807, 2.05) is 0 Å². The highest BCUT2D eigenvalue weighted by molar-refractivity contribution is 5.68. The Labute approximate surface area is 122 Å². The normalized spacial score (nSPS) is 28.9. The summed E-state index contributed by atoms with van der Waals surface area (Å²) in [7, 11) is 0. The number of aliphatic imine (C=N–C) groups is 1. The maximum atomic E-state index is 4.73. The van der Waals surface area contributed by atoms with Crippen molar-refractivity contribution < 1.29 is 0 Å².